The summed E-state index contributed by atoms with van der Waals surface area (Å²) in [5, 5.41) is 8.33. The fourth-order valence-electron chi connectivity index (χ4n) is 4.28. The number of methoxy groups -OCH3 is 2. The lowest BCUT2D eigenvalue weighted by Gasteiger charge is -2.30. The number of guanidine groups is 1. The molecule has 8 heteroatoms. The number of ether oxygens (including phenoxy) is 2. The predicted octanol–water partition coefficient (Wildman–Crippen LogP) is 3.36. The van der Waals surface area contributed by atoms with Crippen molar-refractivity contribution in [1.29, 1.82) is 0 Å². The van der Waals surface area contributed by atoms with Crippen LogP contribution in [0.3, 0.4) is 0 Å². The van der Waals surface area contributed by atoms with E-state index in [-0.39, 0.29) is 0 Å². The molecule has 1 aromatic heterocycles. The van der Waals surface area contributed by atoms with E-state index in [1.165, 1.54) is 5.69 Å². The maximum absolute atomic E-state index is 12.2. The van der Waals surface area contributed by atoms with E-state index in [1.54, 1.807) is 21.3 Å². The molecule has 1 aromatic carbocycles. The summed E-state index contributed by atoms with van der Waals surface area (Å²) in [6, 6.07) is 6.39. The summed E-state index contributed by atoms with van der Waals surface area (Å²) in [5.41, 5.74) is 2.19. The summed E-state index contributed by atoms with van der Waals surface area (Å²) in [6.45, 7) is 2.83. The van der Waals surface area contributed by atoms with E-state index in [2.05, 4.69) is 26.7 Å². The summed E-state index contributed by atoms with van der Waals surface area (Å²) in [5.74, 6) is 3.17. The second kappa shape index (κ2) is 11.4. The molecular weight excluding hydrogens is 412 g/mol. The summed E-state index contributed by atoms with van der Waals surface area (Å²) < 4.78 is 23.0. The van der Waals surface area contributed by atoms with Crippen LogP contribution in [0.2, 0.25) is 0 Å². The molecule has 31 heavy (non-hydrogen) atoms. The topological polar surface area (TPSA) is 87.7 Å². The van der Waals surface area contributed by atoms with Crippen molar-refractivity contribution < 1.29 is 13.7 Å². The van der Waals surface area contributed by atoms with Gasteiger partial charge in [0, 0.05) is 64.6 Å². The van der Waals surface area contributed by atoms with Gasteiger partial charge in [-0.3, -0.25) is 9.20 Å². The number of fused-ring (bicyclic) bond motifs is 1. The van der Waals surface area contributed by atoms with E-state index in [4.69, 9.17) is 9.47 Å². The first-order chi connectivity index (χ1) is 15.1. The largest absolute Gasteiger partial charge is 0.497 e. The van der Waals surface area contributed by atoms with Crippen molar-refractivity contribution in [1.82, 2.24) is 15.6 Å². The van der Waals surface area contributed by atoms with Crippen LogP contribution in [0.15, 0.2) is 23.2 Å². The lowest BCUT2D eigenvalue weighted by molar-refractivity contribution is 0.398. The van der Waals surface area contributed by atoms with Crippen LogP contribution in [0.4, 0.5) is 0 Å². The highest BCUT2D eigenvalue weighted by Gasteiger charge is 2.26. The summed E-state index contributed by atoms with van der Waals surface area (Å²) in [6.07, 6.45) is 6.16. The maximum atomic E-state index is 12.2. The van der Waals surface area contributed by atoms with Crippen molar-refractivity contribution in [2.75, 3.05) is 33.6 Å². The van der Waals surface area contributed by atoms with Gasteiger partial charge in [-0.1, -0.05) is 13.3 Å². The van der Waals surface area contributed by atoms with E-state index in [1.807, 2.05) is 19.1 Å². The van der Waals surface area contributed by atoms with Gasteiger partial charge >= 0.3 is 0 Å². The number of aromatic amines is 1. The SMILES string of the molecule is CCS(=O)C1CCCC(NC(=NC)NCCCc2cc3c(OC)cc(OC)cc3[nH]2)C1. The molecule has 1 heterocycles. The third-order valence-corrected chi connectivity index (χ3v) is 7.69. The lowest BCUT2D eigenvalue weighted by Crippen LogP contribution is -2.46. The molecule has 0 saturated heterocycles. The number of aromatic nitrogens is 1. The van der Waals surface area contributed by atoms with Crippen LogP contribution in [0.5, 0.6) is 11.5 Å². The van der Waals surface area contributed by atoms with Gasteiger partial charge in [-0.2, -0.15) is 0 Å². The Balaban J connectivity index is 1.48. The Morgan fingerprint density at radius 3 is 2.81 bits per heavy atom. The van der Waals surface area contributed by atoms with Gasteiger partial charge < -0.3 is 25.1 Å². The second-order valence-electron chi connectivity index (χ2n) is 7.99. The number of H-pyrrole nitrogens is 1. The van der Waals surface area contributed by atoms with E-state index < -0.39 is 10.8 Å². The minimum absolute atomic E-state index is 0.312. The zero-order valence-corrected chi connectivity index (χ0v) is 19.9. The van der Waals surface area contributed by atoms with Crippen molar-refractivity contribution in [2.24, 2.45) is 4.99 Å². The molecule has 0 bridgehead atoms. The van der Waals surface area contributed by atoms with Gasteiger partial charge in [-0.05, 0) is 38.2 Å². The standard InChI is InChI=1S/C23H36N4O3S/c1-5-31(28)19-10-6-8-16(12-19)27-23(24-2)25-11-7-9-17-13-20-21(26-17)14-18(29-3)15-22(20)30-4/h13-16,19,26H,5-12H2,1-4H3,(H2,24,25,27). The van der Waals surface area contributed by atoms with E-state index >= 15 is 0 Å². The Bertz CT molecular complexity index is 912. The van der Waals surface area contributed by atoms with Crippen LogP contribution in [-0.4, -0.2) is 60.0 Å². The average molecular weight is 449 g/mol. The smallest absolute Gasteiger partial charge is 0.191 e. The molecule has 3 unspecified atom stereocenters. The van der Waals surface area contributed by atoms with Crippen molar-refractivity contribution in [3.05, 3.63) is 23.9 Å². The van der Waals surface area contributed by atoms with Crippen molar-refractivity contribution in [3.63, 3.8) is 0 Å². The van der Waals surface area contributed by atoms with Crippen LogP contribution in [0, 0.1) is 0 Å². The molecule has 0 spiro atoms. The highest BCUT2D eigenvalue weighted by Crippen LogP contribution is 2.31. The molecule has 1 fully saturated rings. The molecule has 3 N–H and O–H groups in total. The van der Waals surface area contributed by atoms with Gasteiger partial charge in [0.1, 0.15) is 11.5 Å². The van der Waals surface area contributed by atoms with Gasteiger partial charge in [0.2, 0.25) is 0 Å². The molecule has 0 aliphatic heterocycles. The van der Waals surface area contributed by atoms with Crippen LogP contribution < -0.4 is 20.1 Å². The Hall–Kier alpha value is -2.22. The summed E-state index contributed by atoms with van der Waals surface area (Å²) in [7, 11) is 4.43. The normalized spacial score (nSPS) is 20.5. The molecule has 3 atom stereocenters. The number of aliphatic imine (C=N–C) groups is 1. The quantitative estimate of drug-likeness (QED) is 0.311. The number of rotatable bonds is 9. The molecule has 0 amide bonds. The number of nitrogens with one attached hydrogen (secondary N) is 3. The Morgan fingerprint density at radius 2 is 2.10 bits per heavy atom. The molecule has 1 saturated carbocycles. The number of benzene rings is 1. The monoisotopic (exact) mass is 448 g/mol. The van der Waals surface area contributed by atoms with Crippen molar-refractivity contribution in [2.45, 2.75) is 56.7 Å². The molecule has 1 aliphatic carbocycles. The van der Waals surface area contributed by atoms with Crippen molar-refractivity contribution >= 4 is 27.7 Å². The fourth-order valence-corrected chi connectivity index (χ4v) is 5.63. The molecular formula is C23H36N4O3S. The summed E-state index contributed by atoms with van der Waals surface area (Å²) in [4.78, 5) is 7.84. The lowest BCUT2D eigenvalue weighted by atomic mass is 9.95. The summed E-state index contributed by atoms with van der Waals surface area (Å²) >= 11 is 0. The molecule has 1 aliphatic rings. The minimum atomic E-state index is -0.711. The van der Waals surface area contributed by atoms with E-state index in [0.717, 1.165) is 79.2 Å². The van der Waals surface area contributed by atoms with Crippen LogP contribution in [0.25, 0.3) is 10.9 Å². The van der Waals surface area contributed by atoms with Gasteiger partial charge in [0.25, 0.3) is 0 Å². The Kier molecular flexibility index (Phi) is 8.63. The number of aryl methyl sites for hydroxylation is 1. The van der Waals surface area contributed by atoms with Gasteiger partial charge in [0.15, 0.2) is 5.96 Å². The maximum Gasteiger partial charge on any atom is 0.191 e. The minimum Gasteiger partial charge on any atom is -0.497 e. The highest BCUT2D eigenvalue weighted by atomic mass is 32.2. The van der Waals surface area contributed by atoms with E-state index in [0.29, 0.717) is 11.3 Å². The van der Waals surface area contributed by atoms with Crippen molar-refractivity contribution in [3.8, 4) is 11.5 Å². The van der Waals surface area contributed by atoms with Crippen LogP contribution >= 0.6 is 0 Å². The molecule has 0 radical (unpaired) electrons. The third-order valence-electron chi connectivity index (χ3n) is 5.95. The first kappa shape index (κ1) is 23.4. The zero-order chi connectivity index (χ0) is 22.2. The van der Waals surface area contributed by atoms with Crippen LogP contribution in [0.1, 0.15) is 44.7 Å². The van der Waals surface area contributed by atoms with Gasteiger partial charge in [-0.15, -0.1) is 0 Å². The first-order valence-corrected chi connectivity index (χ1v) is 12.5. The Morgan fingerprint density at radius 1 is 1.26 bits per heavy atom. The van der Waals surface area contributed by atoms with Gasteiger partial charge in [0.05, 0.1) is 19.7 Å². The predicted molar refractivity (Wildman–Crippen MR) is 129 cm³/mol. The van der Waals surface area contributed by atoms with Crippen LogP contribution in [-0.2, 0) is 17.2 Å². The number of hydrogen-bond acceptors (Lipinski definition) is 4. The first-order valence-electron chi connectivity index (χ1n) is 11.2. The number of nitrogens with zero attached hydrogens (tertiary/aromatic N) is 1. The second-order valence-corrected chi connectivity index (χ2v) is 9.99. The average Bonchev–Trinajstić information content (AvgIpc) is 3.22. The van der Waals surface area contributed by atoms with E-state index in [9.17, 15) is 4.21 Å². The Labute approximate surface area is 187 Å². The number of hydrogen-bond donors (Lipinski definition) is 3. The fraction of sp³-hybridized carbons (Fsp3) is 0.609. The zero-order valence-electron chi connectivity index (χ0n) is 19.1. The highest BCUT2D eigenvalue weighted by molar-refractivity contribution is 7.85. The molecule has 2 aromatic rings. The van der Waals surface area contributed by atoms with Gasteiger partial charge in [-0.25, -0.2) is 0 Å². The molecule has 172 valence electrons. The molecule has 7 nitrogen and oxygen atoms in total. The molecule has 3 rings (SSSR count). The third kappa shape index (κ3) is 6.15.